The average Bonchev–Trinajstić information content (AvgIpc) is 3.19. The molecule has 0 aliphatic rings. The van der Waals surface area contributed by atoms with E-state index in [1.165, 1.54) is 11.6 Å². The van der Waals surface area contributed by atoms with Crippen molar-refractivity contribution in [2.45, 2.75) is 6.18 Å². The van der Waals surface area contributed by atoms with E-state index < -0.39 is 11.9 Å². The lowest BCUT2D eigenvalue weighted by Crippen LogP contribution is -2.06. The molecular formula is C22H16F3N3O. The summed E-state index contributed by atoms with van der Waals surface area (Å²) in [6.45, 7) is 0. The Bertz CT molecular complexity index is 1170. The number of hydrogen-bond donors (Lipinski definition) is 0. The maximum atomic E-state index is 13.3. The van der Waals surface area contributed by atoms with Crippen molar-refractivity contribution < 1.29 is 17.9 Å². The van der Waals surface area contributed by atoms with Crippen molar-refractivity contribution in [3.63, 3.8) is 0 Å². The molecule has 0 aliphatic heterocycles. The molecule has 0 amide bonds. The summed E-state index contributed by atoms with van der Waals surface area (Å²) in [4.78, 5) is 4.02. The van der Waals surface area contributed by atoms with E-state index in [9.17, 15) is 13.2 Å². The van der Waals surface area contributed by atoms with Crippen LogP contribution in [0.15, 0.2) is 73.1 Å². The van der Waals surface area contributed by atoms with Gasteiger partial charge in [0.25, 0.3) is 0 Å². The Morgan fingerprint density at radius 3 is 2.38 bits per heavy atom. The maximum Gasteiger partial charge on any atom is 0.435 e. The van der Waals surface area contributed by atoms with Crippen LogP contribution in [-0.2, 0) is 6.18 Å². The molecular weight excluding hydrogens is 379 g/mol. The zero-order chi connectivity index (χ0) is 20.4. The minimum absolute atomic E-state index is 0.218. The lowest BCUT2D eigenvalue weighted by Gasteiger charge is -2.12. The lowest BCUT2D eigenvalue weighted by atomic mass is 9.95. The number of methoxy groups -OCH3 is 1. The number of aromatic nitrogens is 3. The van der Waals surface area contributed by atoms with Gasteiger partial charge in [0, 0.05) is 24.0 Å². The molecule has 0 fully saturated rings. The number of pyridine rings is 2. The molecule has 0 atom stereocenters. The first kappa shape index (κ1) is 18.7. The zero-order valence-electron chi connectivity index (χ0n) is 15.4. The number of alkyl halides is 3. The van der Waals surface area contributed by atoms with Crippen molar-refractivity contribution >= 4 is 17.2 Å². The molecule has 1 aromatic carbocycles. The Hall–Kier alpha value is -3.61. The first-order valence-electron chi connectivity index (χ1n) is 8.79. The molecule has 0 spiro atoms. The van der Waals surface area contributed by atoms with Gasteiger partial charge in [0.1, 0.15) is 0 Å². The fourth-order valence-corrected chi connectivity index (χ4v) is 3.13. The summed E-state index contributed by atoms with van der Waals surface area (Å²) >= 11 is 0. The minimum Gasteiger partial charge on any atom is -0.481 e. The van der Waals surface area contributed by atoms with Gasteiger partial charge in [-0.1, -0.05) is 30.3 Å². The van der Waals surface area contributed by atoms with E-state index >= 15 is 0 Å². The molecule has 7 heteroatoms. The molecule has 146 valence electrons. The molecule has 3 heterocycles. The third kappa shape index (κ3) is 3.71. The average molecular weight is 395 g/mol. The summed E-state index contributed by atoms with van der Waals surface area (Å²) in [7, 11) is 1.40. The summed E-state index contributed by atoms with van der Waals surface area (Å²) in [6.07, 6.45) is 0.687. The highest BCUT2D eigenvalue weighted by Gasteiger charge is 2.35. The summed E-state index contributed by atoms with van der Waals surface area (Å²) in [5, 5.41) is 3.73. The van der Waals surface area contributed by atoms with Crippen LogP contribution < -0.4 is 4.74 Å². The van der Waals surface area contributed by atoms with Gasteiger partial charge in [-0.15, -0.1) is 0 Å². The topological polar surface area (TPSA) is 39.4 Å². The van der Waals surface area contributed by atoms with E-state index in [-0.39, 0.29) is 5.88 Å². The number of rotatable bonds is 4. The predicted octanol–water partition coefficient (Wildman–Crippen LogP) is 5.35. The van der Waals surface area contributed by atoms with E-state index in [4.69, 9.17) is 4.74 Å². The Balaban J connectivity index is 2.00. The van der Waals surface area contributed by atoms with Crippen LogP contribution in [0.2, 0.25) is 0 Å². The highest BCUT2D eigenvalue weighted by Crippen LogP contribution is 2.35. The van der Waals surface area contributed by atoms with Gasteiger partial charge in [-0.2, -0.15) is 22.8 Å². The van der Waals surface area contributed by atoms with Crippen molar-refractivity contribution in [3.05, 3.63) is 95.4 Å². The van der Waals surface area contributed by atoms with Crippen molar-refractivity contribution in [1.29, 1.82) is 0 Å². The van der Waals surface area contributed by atoms with Crippen LogP contribution >= 0.6 is 0 Å². The van der Waals surface area contributed by atoms with E-state index in [1.807, 2.05) is 48.5 Å². The normalized spacial score (nSPS) is 12.3. The second-order valence-electron chi connectivity index (χ2n) is 6.32. The van der Waals surface area contributed by atoms with Crippen LogP contribution in [0.1, 0.15) is 22.4 Å². The SMILES string of the molecule is COc1ccc(/C(=C/c2ccncc2)c2ccccc2)c2cc(C(F)(F)F)nn12. The third-order valence-corrected chi connectivity index (χ3v) is 4.48. The van der Waals surface area contributed by atoms with Gasteiger partial charge in [0.05, 0.1) is 12.6 Å². The van der Waals surface area contributed by atoms with Crippen molar-refractivity contribution in [2.75, 3.05) is 7.11 Å². The molecule has 0 saturated heterocycles. The quantitative estimate of drug-likeness (QED) is 0.468. The molecule has 0 saturated carbocycles. The summed E-state index contributed by atoms with van der Waals surface area (Å²) in [6, 6.07) is 17.5. The van der Waals surface area contributed by atoms with Gasteiger partial charge in [-0.25, -0.2) is 0 Å². The van der Waals surface area contributed by atoms with Crippen molar-refractivity contribution in [3.8, 4) is 5.88 Å². The highest BCUT2D eigenvalue weighted by atomic mass is 19.4. The smallest absolute Gasteiger partial charge is 0.435 e. The van der Waals surface area contributed by atoms with Crippen LogP contribution in [0.3, 0.4) is 0 Å². The maximum absolute atomic E-state index is 13.3. The molecule has 4 aromatic rings. The van der Waals surface area contributed by atoms with E-state index in [0.29, 0.717) is 11.1 Å². The summed E-state index contributed by atoms with van der Waals surface area (Å²) in [5.41, 5.74) is 2.45. The van der Waals surface area contributed by atoms with Gasteiger partial charge in [0.15, 0.2) is 5.69 Å². The third-order valence-electron chi connectivity index (χ3n) is 4.48. The number of hydrogen-bond acceptors (Lipinski definition) is 3. The molecule has 29 heavy (non-hydrogen) atoms. The van der Waals surface area contributed by atoms with Crippen LogP contribution in [0.5, 0.6) is 5.88 Å². The van der Waals surface area contributed by atoms with Crippen LogP contribution in [-0.4, -0.2) is 21.7 Å². The van der Waals surface area contributed by atoms with Crippen LogP contribution in [0.4, 0.5) is 13.2 Å². The van der Waals surface area contributed by atoms with Crippen LogP contribution in [0, 0.1) is 0 Å². The van der Waals surface area contributed by atoms with E-state index in [2.05, 4.69) is 10.1 Å². The van der Waals surface area contributed by atoms with Crippen LogP contribution in [0.25, 0.3) is 17.2 Å². The number of benzene rings is 1. The number of nitrogens with zero attached hydrogens (tertiary/aromatic N) is 3. The molecule has 0 aliphatic carbocycles. The number of halogens is 3. The Labute approximate surface area is 164 Å². The second kappa shape index (κ2) is 7.43. The fourth-order valence-electron chi connectivity index (χ4n) is 3.13. The Morgan fingerprint density at radius 1 is 1.00 bits per heavy atom. The molecule has 0 unspecified atom stereocenters. The van der Waals surface area contributed by atoms with E-state index in [0.717, 1.165) is 22.8 Å². The van der Waals surface area contributed by atoms with Crippen molar-refractivity contribution in [1.82, 2.24) is 14.6 Å². The van der Waals surface area contributed by atoms with Crippen molar-refractivity contribution in [2.24, 2.45) is 0 Å². The Morgan fingerprint density at radius 2 is 1.72 bits per heavy atom. The first-order valence-corrected chi connectivity index (χ1v) is 8.79. The second-order valence-corrected chi connectivity index (χ2v) is 6.32. The van der Waals surface area contributed by atoms with Gasteiger partial charge in [-0.3, -0.25) is 4.98 Å². The standard InChI is InChI=1S/C22H16F3N3O/c1-29-21-8-7-17(19-14-20(22(23,24)25)27-28(19)21)18(16-5-3-2-4-6-16)13-15-9-11-26-12-10-15/h2-14H,1H3/b18-13+. The first-order chi connectivity index (χ1) is 14.0. The largest absolute Gasteiger partial charge is 0.481 e. The molecule has 4 rings (SSSR count). The molecule has 3 aromatic heterocycles. The number of ether oxygens (including phenoxy) is 1. The number of fused-ring (bicyclic) bond motifs is 1. The van der Waals surface area contributed by atoms with Gasteiger partial charge < -0.3 is 4.74 Å². The highest BCUT2D eigenvalue weighted by molar-refractivity contribution is 5.96. The summed E-state index contributed by atoms with van der Waals surface area (Å²) < 4.78 is 46.4. The van der Waals surface area contributed by atoms with Gasteiger partial charge in [-0.05, 0) is 47.0 Å². The monoisotopic (exact) mass is 395 g/mol. The minimum atomic E-state index is -4.56. The predicted molar refractivity (Wildman–Crippen MR) is 104 cm³/mol. The molecule has 0 bridgehead atoms. The van der Waals surface area contributed by atoms with Gasteiger partial charge >= 0.3 is 6.18 Å². The summed E-state index contributed by atoms with van der Waals surface area (Å²) in [5.74, 6) is 0.218. The molecule has 4 nitrogen and oxygen atoms in total. The Kier molecular flexibility index (Phi) is 4.80. The molecule has 0 N–H and O–H groups in total. The van der Waals surface area contributed by atoms with E-state index in [1.54, 1.807) is 24.5 Å². The lowest BCUT2D eigenvalue weighted by molar-refractivity contribution is -0.141. The zero-order valence-corrected chi connectivity index (χ0v) is 15.4. The fraction of sp³-hybridized carbons (Fsp3) is 0.0909. The molecule has 0 radical (unpaired) electrons. The van der Waals surface area contributed by atoms with Gasteiger partial charge in [0.2, 0.25) is 5.88 Å².